The number of nitrogens with zero attached hydrogens (tertiary/aromatic N) is 2. The van der Waals surface area contributed by atoms with Crippen molar-refractivity contribution in [1.82, 2.24) is 9.80 Å². The largest absolute Gasteiger partial charge is 0.497 e. The van der Waals surface area contributed by atoms with Crippen LogP contribution in [-0.4, -0.2) is 73.3 Å². The molecular formula is C19H26N2O5. The molecule has 1 N–H and O–H groups in total. The molecule has 2 heterocycles. The minimum absolute atomic E-state index is 0.0188. The lowest BCUT2D eigenvalue weighted by atomic mass is 9.92. The fraction of sp³-hybridized carbons (Fsp3) is 0.579. The highest BCUT2D eigenvalue weighted by molar-refractivity contribution is 5.79. The Morgan fingerprint density at radius 3 is 2.27 bits per heavy atom. The summed E-state index contributed by atoms with van der Waals surface area (Å²) in [6.45, 7) is 3.71. The zero-order valence-corrected chi connectivity index (χ0v) is 15.1. The van der Waals surface area contributed by atoms with Crippen LogP contribution in [0.4, 0.5) is 0 Å². The number of carbonyl (C=O) groups is 2. The van der Waals surface area contributed by atoms with E-state index < -0.39 is 12.0 Å². The molecule has 26 heavy (non-hydrogen) atoms. The number of carboxylic acid groups (broad SMARTS) is 1. The summed E-state index contributed by atoms with van der Waals surface area (Å²) >= 11 is 0. The SMILES string of the molecule is COc1ccc([C@@H](C(=O)O)N2CCC(C(=O)N3CCOCC3)CC2)cc1. The quantitative estimate of drug-likeness (QED) is 0.853. The molecule has 1 aromatic carbocycles. The Bertz CT molecular complexity index is 619. The van der Waals surface area contributed by atoms with E-state index in [1.165, 1.54) is 0 Å². The average Bonchev–Trinajstić information content (AvgIpc) is 2.69. The van der Waals surface area contributed by atoms with Gasteiger partial charge in [0.15, 0.2) is 0 Å². The summed E-state index contributed by atoms with van der Waals surface area (Å²) in [5, 5.41) is 9.72. The predicted molar refractivity (Wildman–Crippen MR) is 95.1 cm³/mol. The van der Waals surface area contributed by atoms with Gasteiger partial charge in [0.1, 0.15) is 11.8 Å². The Kier molecular flexibility index (Phi) is 6.11. The molecule has 2 aliphatic heterocycles. The van der Waals surface area contributed by atoms with Crippen molar-refractivity contribution in [1.29, 1.82) is 0 Å². The number of carbonyl (C=O) groups excluding carboxylic acids is 1. The molecule has 0 aromatic heterocycles. The Morgan fingerprint density at radius 2 is 1.73 bits per heavy atom. The summed E-state index contributed by atoms with van der Waals surface area (Å²) in [4.78, 5) is 28.3. The summed E-state index contributed by atoms with van der Waals surface area (Å²) in [6, 6.07) is 6.45. The number of piperidine rings is 1. The number of methoxy groups -OCH3 is 1. The standard InChI is InChI=1S/C19H26N2O5/c1-25-16-4-2-14(3-5-16)17(19(23)24)20-8-6-15(7-9-20)18(22)21-10-12-26-13-11-21/h2-5,15,17H,6-13H2,1H3,(H,23,24)/t17-/m0/s1. The van der Waals surface area contributed by atoms with Crippen molar-refractivity contribution in [3.63, 3.8) is 0 Å². The second-order valence-corrected chi connectivity index (χ2v) is 6.76. The van der Waals surface area contributed by atoms with E-state index in [4.69, 9.17) is 9.47 Å². The monoisotopic (exact) mass is 362 g/mol. The number of likely N-dealkylation sites (tertiary alicyclic amines) is 1. The van der Waals surface area contributed by atoms with Crippen molar-refractivity contribution in [2.24, 2.45) is 5.92 Å². The molecule has 2 fully saturated rings. The zero-order chi connectivity index (χ0) is 18.5. The molecule has 1 aromatic rings. The average molecular weight is 362 g/mol. The van der Waals surface area contributed by atoms with Gasteiger partial charge in [-0.3, -0.25) is 14.5 Å². The molecule has 2 aliphatic rings. The lowest BCUT2D eigenvalue weighted by Crippen LogP contribution is -2.47. The van der Waals surface area contributed by atoms with Gasteiger partial charge in [-0.2, -0.15) is 0 Å². The maximum atomic E-state index is 12.6. The molecule has 3 rings (SSSR count). The van der Waals surface area contributed by atoms with E-state index in [2.05, 4.69) is 0 Å². The first-order valence-electron chi connectivity index (χ1n) is 9.07. The van der Waals surface area contributed by atoms with Crippen molar-refractivity contribution >= 4 is 11.9 Å². The second kappa shape index (κ2) is 8.51. The first-order valence-corrected chi connectivity index (χ1v) is 9.07. The third kappa shape index (κ3) is 4.16. The summed E-state index contributed by atoms with van der Waals surface area (Å²) in [7, 11) is 1.58. The van der Waals surface area contributed by atoms with Gasteiger partial charge < -0.3 is 19.5 Å². The molecule has 1 atom stereocenters. The van der Waals surface area contributed by atoms with Crippen LogP contribution >= 0.6 is 0 Å². The van der Waals surface area contributed by atoms with Crippen molar-refractivity contribution in [3.05, 3.63) is 29.8 Å². The van der Waals surface area contributed by atoms with E-state index in [0.29, 0.717) is 58.0 Å². The second-order valence-electron chi connectivity index (χ2n) is 6.76. The molecule has 142 valence electrons. The van der Waals surface area contributed by atoms with E-state index >= 15 is 0 Å². The Morgan fingerprint density at radius 1 is 1.12 bits per heavy atom. The molecule has 0 unspecified atom stereocenters. The van der Waals surface area contributed by atoms with E-state index in [1.54, 1.807) is 31.4 Å². The number of ether oxygens (including phenoxy) is 2. The molecule has 1 amide bonds. The van der Waals surface area contributed by atoms with Gasteiger partial charge in [0.25, 0.3) is 0 Å². The van der Waals surface area contributed by atoms with Crippen LogP contribution in [0.1, 0.15) is 24.4 Å². The number of hydrogen-bond acceptors (Lipinski definition) is 5. The first kappa shape index (κ1) is 18.7. The fourth-order valence-corrected chi connectivity index (χ4v) is 3.74. The van der Waals surface area contributed by atoms with Gasteiger partial charge in [-0.25, -0.2) is 0 Å². The third-order valence-electron chi connectivity index (χ3n) is 5.23. The number of hydrogen-bond donors (Lipinski definition) is 1. The highest BCUT2D eigenvalue weighted by Crippen LogP contribution is 2.29. The smallest absolute Gasteiger partial charge is 0.325 e. The Labute approximate surface area is 153 Å². The number of aliphatic carboxylic acids is 1. The summed E-state index contributed by atoms with van der Waals surface area (Å²) in [5.41, 5.74) is 0.733. The minimum Gasteiger partial charge on any atom is -0.497 e. The van der Waals surface area contributed by atoms with Crippen LogP contribution < -0.4 is 4.74 Å². The van der Waals surface area contributed by atoms with Crippen molar-refractivity contribution in [2.75, 3.05) is 46.5 Å². The minimum atomic E-state index is -0.867. The molecule has 7 heteroatoms. The fourth-order valence-electron chi connectivity index (χ4n) is 3.74. The number of morpholine rings is 1. The van der Waals surface area contributed by atoms with E-state index in [0.717, 1.165) is 5.56 Å². The molecule has 0 aliphatic carbocycles. The molecule has 0 bridgehead atoms. The normalized spacial score (nSPS) is 20.6. The van der Waals surface area contributed by atoms with Crippen LogP contribution in [0, 0.1) is 5.92 Å². The van der Waals surface area contributed by atoms with Crippen LogP contribution in [-0.2, 0) is 14.3 Å². The van der Waals surface area contributed by atoms with Crippen molar-refractivity contribution in [2.45, 2.75) is 18.9 Å². The summed E-state index contributed by atoms with van der Waals surface area (Å²) in [6.07, 6.45) is 1.38. The van der Waals surface area contributed by atoms with Crippen molar-refractivity contribution in [3.8, 4) is 5.75 Å². The lowest BCUT2D eigenvalue weighted by Gasteiger charge is -2.37. The van der Waals surface area contributed by atoms with Gasteiger partial charge in [0, 0.05) is 32.1 Å². The van der Waals surface area contributed by atoms with E-state index in [1.807, 2.05) is 9.80 Å². The first-order chi connectivity index (χ1) is 12.6. The topological polar surface area (TPSA) is 79.3 Å². The zero-order valence-electron chi connectivity index (χ0n) is 15.1. The highest BCUT2D eigenvalue weighted by atomic mass is 16.5. The summed E-state index contributed by atoms with van der Waals surface area (Å²) in [5.74, 6) is -0.000220. The lowest BCUT2D eigenvalue weighted by molar-refractivity contribution is -0.145. The molecule has 7 nitrogen and oxygen atoms in total. The van der Waals surface area contributed by atoms with E-state index in [-0.39, 0.29) is 11.8 Å². The maximum absolute atomic E-state index is 12.6. The van der Waals surface area contributed by atoms with Gasteiger partial charge in [-0.15, -0.1) is 0 Å². The van der Waals surface area contributed by atoms with Gasteiger partial charge in [0.2, 0.25) is 5.91 Å². The van der Waals surface area contributed by atoms with Crippen LogP contribution in [0.2, 0.25) is 0 Å². The molecule has 0 spiro atoms. The van der Waals surface area contributed by atoms with Crippen LogP contribution in [0.15, 0.2) is 24.3 Å². The number of rotatable bonds is 5. The Hall–Kier alpha value is -2.12. The molecule has 2 saturated heterocycles. The van der Waals surface area contributed by atoms with Crippen LogP contribution in [0.25, 0.3) is 0 Å². The van der Waals surface area contributed by atoms with Crippen molar-refractivity contribution < 1.29 is 24.2 Å². The number of benzene rings is 1. The third-order valence-corrected chi connectivity index (χ3v) is 5.23. The molecule has 0 saturated carbocycles. The highest BCUT2D eigenvalue weighted by Gasteiger charge is 2.34. The Balaban J connectivity index is 1.62. The van der Waals surface area contributed by atoms with Crippen LogP contribution in [0.5, 0.6) is 5.75 Å². The van der Waals surface area contributed by atoms with Crippen LogP contribution in [0.3, 0.4) is 0 Å². The van der Waals surface area contributed by atoms with Gasteiger partial charge in [-0.05, 0) is 30.5 Å². The van der Waals surface area contributed by atoms with Gasteiger partial charge in [-0.1, -0.05) is 12.1 Å². The number of amides is 1. The van der Waals surface area contributed by atoms with E-state index in [9.17, 15) is 14.7 Å². The predicted octanol–water partition coefficient (Wildman–Crippen LogP) is 1.39. The molecule has 0 radical (unpaired) electrons. The summed E-state index contributed by atoms with van der Waals surface area (Å²) < 4.78 is 10.4. The molecular weight excluding hydrogens is 336 g/mol. The maximum Gasteiger partial charge on any atom is 0.325 e. The van der Waals surface area contributed by atoms with Gasteiger partial charge >= 0.3 is 5.97 Å². The van der Waals surface area contributed by atoms with Gasteiger partial charge in [0.05, 0.1) is 20.3 Å². The number of carboxylic acids is 1.